The molecule has 0 atom stereocenters. The molecule has 4 nitrogen and oxygen atoms in total. The molecule has 0 spiro atoms. The van der Waals surface area contributed by atoms with Gasteiger partial charge < -0.3 is 14.8 Å². The van der Waals surface area contributed by atoms with E-state index in [9.17, 15) is 13.6 Å². The summed E-state index contributed by atoms with van der Waals surface area (Å²) in [6.07, 6.45) is 3.47. The molecule has 0 fully saturated rings. The summed E-state index contributed by atoms with van der Waals surface area (Å²) in [5.41, 5.74) is 1.46. The lowest BCUT2D eigenvalue weighted by Crippen LogP contribution is -2.24. The Bertz CT molecular complexity index is 690. The van der Waals surface area contributed by atoms with E-state index in [2.05, 4.69) is 10.1 Å². The molecule has 6 heteroatoms. The molecule has 0 saturated heterocycles. The van der Waals surface area contributed by atoms with Crippen LogP contribution < -0.4 is 10.1 Å². The molecule has 0 heterocycles. The Morgan fingerprint density at radius 3 is 2.56 bits per heavy atom. The maximum atomic E-state index is 12.3. The third-order valence-electron chi connectivity index (χ3n) is 3.23. The lowest BCUT2D eigenvalue weighted by atomic mass is 10.2. The molecule has 0 bridgehead atoms. The molecule has 2 aromatic carbocycles. The second-order valence-electron chi connectivity index (χ2n) is 5.10. The molecule has 0 aliphatic carbocycles. The highest BCUT2D eigenvalue weighted by atomic mass is 19.3. The molecule has 1 N–H and O–H groups in total. The number of hydrogen-bond acceptors (Lipinski definition) is 3. The summed E-state index contributed by atoms with van der Waals surface area (Å²) in [5.74, 6) is 0.115. The lowest BCUT2D eigenvalue weighted by molar-refractivity contribution is -0.0499. The van der Waals surface area contributed by atoms with Crippen LogP contribution in [0.15, 0.2) is 60.7 Å². The fourth-order valence-electron chi connectivity index (χ4n) is 2.06. The van der Waals surface area contributed by atoms with Crippen molar-refractivity contribution in [3.8, 4) is 5.75 Å². The summed E-state index contributed by atoms with van der Waals surface area (Å²) in [5, 5.41) is 2.62. The first-order chi connectivity index (χ1) is 12.1. The van der Waals surface area contributed by atoms with Gasteiger partial charge in [-0.05, 0) is 18.1 Å². The van der Waals surface area contributed by atoms with E-state index < -0.39 is 12.7 Å². The SMILES string of the molecule is O=C(NCCC=Cc1ccccc1OC(F)F)OCc1ccccc1. The minimum Gasteiger partial charge on any atom is -0.445 e. The number of alkyl halides is 2. The van der Waals surface area contributed by atoms with Crippen molar-refractivity contribution in [3.63, 3.8) is 0 Å². The summed E-state index contributed by atoms with van der Waals surface area (Å²) >= 11 is 0. The molecule has 0 unspecified atom stereocenters. The van der Waals surface area contributed by atoms with Crippen molar-refractivity contribution in [3.05, 3.63) is 71.8 Å². The standard InChI is InChI=1S/C19H19F2NO3/c20-18(21)25-17-12-5-4-10-16(17)11-6-7-13-22-19(23)24-14-15-8-2-1-3-9-15/h1-6,8-12,18H,7,13-14H2,(H,22,23). The Kier molecular flexibility index (Phi) is 7.43. The molecule has 1 amide bonds. The second-order valence-corrected chi connectivity index (χ2v) is 5.10. The number of rotatable bonds is 8. The van der Waals surface area contributed by atoms with Gasteiger partial charge in [0, 0.05) is 12.1 Å². The van der Waals surface area contributed by atoms with Gasteiger partial charge in [-0.3, -0.25) is 0 Å². The van der Waals surface area contributed by atoms with Crippen molar-refractivity contribution >= 4 is 12.2 Å². The molecule has 0 saturated carbocycles. The highest BCUT2D eigenvalue weighted by molar-refractivity contribution is 5.67. The third kappa shape index (κ3) is 7.03. The topological polar surface area (TPSA) is 47.6 Å². The minimum atomic E-state index is -2.87. The molecule has 2 rings (SSSR count). The summed E-state index contributed by atoms with van der Waals surface area (Å²) in [6.45, 7) is -2.28. The van der Waals surface area contributed by atoms with E-state index >= 15 is 0 Å². The van der Waals surface area contributed by atoms with Crippen LogP contribution in [0.4, 0.5) is 13.6 Å². The van der Waals surface area contributed by atoms with Gasteiger partial charge >= 0.3 is 12.7 Å². The number of carbonyl (C=O) groups excluding carboxylic acids is 1. The van der Waals surface area contributed by atoms with Crippen LogP contribution in [-0.4, -0.2) is 19.2 Å². The number of amides is 1. The zero-order valence-electron chi connectivity index (χ0n) is 13.5. The van der Waals surface area contributed by atoms with Crippen LogP contribution in [0.25, 0.3) is 6.08 Å². The first-order valence-electron chi connectivity index (χ1n) is 7.80. The van der Waals surface area contributed by atoms with Crippen LogP contribution in [-0.2, 0) is 11.3 Å². The quantitative estimate of drug-likeness (QED) is 0.709. The van der Waals surface area contributed by atoms with E-state index in [1.54, 1.807) is 30.4 Å². The van der Waals surface area contributed by atoms with E-state index in [-0.39, 0.29) is 12.4 Å². The van der Waals surface area contributed by atoms with Crippen molar-refractivity contribution in [1.82, 2.24) is 5.32 Å². The van der Waals surface area contributed by atoms with E-state index in [0.717, 1.165) is 5.56 Å². The van der Waals surface area contributed by atoms with Crippen LogP contribution in [0, 0.1) is 0 Å². The van der Waals surface area contributed by atoms with Gasteiger partial charge in [0.25, 0.3) is 0 Å². The highest BCUT2D eigenvalue weighted by Gasteiger charge is 2.06. The van der Waals surface area contributed by atoms with Crippen LogP contribution in [0.3, 0.4) is 0 Å². The molecule has 2 aromatic rings. The Morgan fingerprint density at radius 1 is 1.08 bits per heavy atom. The molecule has 25 heavy (non-hydrogen) atoms. The second kappa shape index (κ2) is 10.1. The van der Waals surface area contributed by atoms with Crippen molar-refractivity contribution in [2.75, 3.05) is 6.54 Å². The summed E-state index contributed by atoms with van der Waals surface area (Å²) in [4.78, 5) is 11.6. The van der Waals surface area contributed by atoms with E-state index in [1.165, 1.54) is 6.07 Å². The van der Waals surface area contributed by atoms with Crippen molar-refractivity contribution in [2.24, 2.45) is 0 Å². The van der Waals surface area contributed by atoms with Crippen LogP contribution in [0.1, 0.15) is 17.5 Å². The molecule has 0 aliphatic heterocycles. The van der Waals surface area contributed by atoms with Gasteiger partial charge in [0.1, 0.15) is 12.4 Å². The Labute approximate surface area is 145 Å². The zero-order valence-corrected chi connectivity index (χ0v) is 13.5. The van der Waals surface area contributed by atoms with Gasteiger partial charge in [-0.2, -0.15) is 8.78 Å². The maximum absolute atomic E-state index is 12.3. The van der Waals surface area contributed by atoms with Crippen molar-refractivity contribution in [2.45, 2.75) is 19.6 Å². The largest absolute Gasteiger partial charge is 0.445 e. The normalized spacial score (nSPS) is 10.8. The number of halogens is 2. The smallest absolute Gasteiger partial charge is 0.407 e. The monoisotopic (exact) mass is 347 g/mol. The van der Waals surface area contributed by atoms with Crippen LogP contribution in [0.5, 0.6) is 5.75 Å². The highest BCUT2D eigenvalue weighted by Crippen LogP contribution is 2.21. The van der Waals surface area contributed by atoms with Gasteiger partial charge in [0.15, 0.2) is 0 Å². The first-order valence-corrected chi connectivity index (χ1v) is 7.80. The number of alkyl carbamates (subject to hydrolysis) is 1. The Hall–Kier alpha value is -2.89. The fourth-order valence-corrected chi connectivity index (χ4v) is 2.06. The zero-order chi connectivity index (χ0) is 17.9. The molecular formula is C19H19F2NO3. The minimum absolute atomic E-state index is 0.115. The van der Waals surface area contributed by atoms with Crippen LogP contribution in [0.2, 0.25) is 0 Å². The number of benzene rings is 2. The Balaban J connectivity index is 1.70. The van der Waals surface area contributed by atoms with E-state index in [1.807, 2.05) is 30.3 Å². The van der Waals surface area contributed by atoms with Gasteiger partial charge in [-0.1, -0.05) is 60.7 Å². The van der Waals surface area contributed by atoms with Gasteiger partial charge in [-0.15, -0.1) is 0 Å². The van der Waals surface area contributed by atoms with Gasteiger partial charge in [-0.25, -0.2) is 4.79 Å². The summed E-state index contributed by atoms with van der Waals surface area (Å²) in [7, 11) is 0. The average molecular weight is 347 g/mol. The van der Waals surface area contributed by atoms with E-state index in [0.29, 0.717) is 18.5 Å². The van der Waals surface area contributed by atoms with Crippen molar-refractivity contribution < 1.29 is 23.0 Å². The number of carbonyl (C=O) groups is 1. The third-order valence-corrected chi connectivity index (χ3v) is 3.23. The predicted molar refractivity (Wildman–Crippen MR) is 91.4 cm³/mol. The molecule has 132 valence electrons. The Morgan fingerprint density at radius 2 is 1.80 bits per heavy atom. The molecular weight excluding hydrogens is 328 g/mol. The number of para-hydroxylation sites is 1. The lowest BCUT2D eigenvalue weighted by Gasteiger charge is -2.07. The average Bonchev–Trinajstić information content (AvgIpc) is 2.61. The molecule has 0 aliphatic rings. The summed E-state index contributed by atoms with van der Waals surface area (Å²) in [6, 6.07) is 15.9. The summed E-state index contributed by atoms with van der Waals surface area (Å²) < 4.78 is 34.2. The van der Waals surface area contributed by atoms with Crippen LogP contribution >= 0.6 is 0 Å². The molecule has 0 radical (unpaired) electrons. The number of hydrogen-bond donors (Lipinski definition) is 1. The van der Waals surface area contributed by atoms with Crippen molar-refractivity contribution in [1.29, 1.82) is 0 Å². The van der Waals surface area contributed by atoms with Gasteiger partial charge in [0.2, 0.25) is 0 Å². The number of nitrogens with one attached hydrogen (secondary N) is 1. The molecule has 0 aromatic heterocycles. The first kappa shape index (κ1) is 18.4. The maximum Gasteiger partial charge on any atom is 0.407 e. The number of ether oxygens (including phenoxy) is 2. The van der Waals surface area contributed by atoms with Gasteiger partial charge in [0.05, 0.1) is 0 Å². The predicted octanol–water partition coefficient (Wildman–Crippen LogP) is 4.62. The fraction of sp³-hybridized carbons (Fsp3) is 0.211. The van der Waals surface area contributed by atoms with E-state index in [4.69, 9.17) is 4.74 Å².